The zero-order valence-electron chi connectivity index (χ0n) is 16.9. The largest absolute Gasteiger partial charge is 0.441 e. The van der Waals surface area contributed by atoms with E-state index in [1.807, 2.05) is 43.5 Å². The Morgan fingerprint density at radius 1 is 1.00 bits per heavy atom. The van der Waals surface area contributed by atoms with E-state index in [0.29, 0.717) is 17.6 Å². The maximum atomic E-state index is 5.58. The van der Waals surface area contributed by atoms with Gasteiger partial charge in [-0.2, -0.15) is 0 Å². The standard InChI is InChI=1S/C22H23N7O/c1-14-25-19-10-15(2-5-20(19)30-14)17-3-4-18-22(26-17)27-21(11-24-18)29-12-16(13-29)28-8-6-23-7-9-28/h2-5,10-11,16,23H,6-9,12-13H2,1H3. The highest BCUT2D eigenvalue weighted by molar-refractivity contribution is 5.81. The Labute approximate surface area is 174 Å². The van der Waals surface area contributed by atoms with Crippen molar-refractivity contribution in [3.63, 3.8) is 0 Å². The highest BCUT2D eigenvalue weighted by Gasteiger charge is 2.33. The van der Waals surface area contributed by atoms with Crippen molar-refractivity contribution in [3.8, 4) is 11.3 Å². The number of nitrogens with zero attached hydrogens (tertiary/aromatic N) is 6. The molecule has 8 heteroatoms. The van der Waals surface area contributed by atoms with Crippen molar-refractivity contribution < 1.29 is 4.42 Å². The van der Waals surface area contributed by atoms with Gasteiger partial charge in [-0.3, -0.25) is 4.90 Å². The molecule has 1 aromatic carbocycles. The maximum Gasteiger partial charge on any atom is 0.192 e. The Balaban J connectivity index is 1.26. The smallest absolute Gasteiger partial charge is 0.192 e. The molecule has 2 aliphatic rings. The Morgan fingerprint density at radius 3 is 2.73 bits per heavy atom. The summed E-state index contributed by atoms with van der Waals surface area (Å²) < 4.78 is 5.58. The van der Waals surface area contributed by atoms with Crippen LogP contribution in [-0.2, 0) is 0 Å². The predicted octanol–water partition coefficient (Wildman–Crippen LogP) is 2.24. The van der Waals surface area contributed by atoms with Crippen molar-refractivity contribution in [2.24, 2.45) is 0 Å². The quantitative estimate of drug-likeness (QED) is 0.560. The van der Waals surface area contributed by atoms with E-state index < -0.39 is 0 Å². The number of hydrogen-bond donors (Lipinski definition) is 1. The third-order valence-corrected chi connectivity index (χ3v) is 6.04. The summed E-state index contributed by atoms with van der Waals surface area (Å²) in [6.45, 7) is 8.28. The summed E-state index contributed by atoms with van der Waals surface area (Å²) in [5, 5.41) is 3.42. The van der Waals surface area contributed by atoms with E-state index in [4.69, 9.17) is 14.4 Å². The molecule has 152 valence electrons. The zero-order valence-corrected chi connectivity index (χ0v) is 16.9. The van der Waals surface area contributed by atoms with Crippen molar-refractivity contribution >= 4 is 28.1 Å². The maximum absolute atomic E-state index is 5.58. The molecule has 5 heterocycles. The van der Waals surface area contributed by atoms with Crippen LogP contribution in [0.25, 0.3) is 33.5 Å². The molecule has 0 radical (unpaired) electrons. The summed E-state index contributed by atoms with van der Waals surface area (Å²) in [5.41, 5.74) is 4.96. The third kappa shape index (κ3) is 3.09. The van der Waals surface area contributed by atoms with Crippen molar-refractivity contribution in [1.29, 1.82) is 0 Å². The van der Waals surface area contributed by atoms with Crippen molar-refractivity contribution in [3.05, 3.63) is 42.4 Å². The Hall–Kier alpha value is -3.10. The molecule has 0 bridgehead atoms. The number of rotatable bonds is 3. The molecule has 1 N–H and O–H groups in total. The van der Waals surface area contributed by atoms with Crippen LogP contribution in [0.15, 0.2) is 40.9 Å². The van der Waals surface area contributed by atoms with E-state index in [1.165, 1.54) is 0 Å². The first-order valence-electron chi connectivity index (χ1n) is 10.4. The third-order valence-electron chi connectivity index (χ3n) is 6.04. The average molecular weight is 401 g/mol. The number of piperazine rings is 1. The monoisotopic (exact) mass is 401 g/mol. The molecular formula is C22H23N7O. The number of aromatic nitrogens is 4. The Kier molecular flexibility index (Phi) is 4.14. The second kappa shape index (κ2) is 7.00. The van der Waals surface area contributed by atoms with E-state index in [2.05, 4.69) is 25.1 Å². The first kappa shape index (κ1) is 17.7. The number of benzene rings is 1. The van der Waals surface area contributed by atoms with Crippen LogP contribution < -0.4 is 10.2 Å². The van der Waals surface area contributed by atoms with Crippen LogP contribution in [0.3, 0.4) is 0 Å². The van der Waals surface area contributed by atoms with Gasteiger partial charge in [-0.25, -0.2) is 19.9 Å². The summed E-state index contributed by atoms with van der Waals surface area (Å²) >= 11 is 0. The van der Waals surface area contributed by atoms with Gasteiger partial charge >= 0.3 is 0 Å². The minimum Gasteiger partial charge on any atom is -0.441 e. The molecule has 0 saturated carbocycles. The number of hydrogen-bond acceptors (Lipinski definition) is 8. The van der Waals surface area contributed by atoms with Gasteiger partial charge in [0.1, 0.15) is 16.9 Å². The van der Waals surface area contributed by atoms with Crippen LogP contribution in [0.5, 0.6) is 0 Å². The molecule has 8 nitrogen and oxygen atoms in total. The first-order valence-corrected chi connectivity index (χ1v) is 10.4. The van der Waals surface area contributed by atoms with E-state index in [-0.39, 0.29) is 0 Å². The van der Waals surface area contributed by atoms with Gasteiger partial charge in [0.05, 0.1) is 11.9 Å². The second-order valence-corrected chi connectivity index (χ2v) is 8.03. The molecule has 0 atom stereocenters. The van der Waals surface area contributed by atoms with Crippen LogP contribution in [0.4, 0.5) is 5.82 Å². The molecule has 30 heavy (non-hydrogen) atoms. The van der Waals surface area contributed by atoms with E-state index in [1.54, 1.807) is 0 Å². The summed E-state index contributed by atoms with van der Waals surface area (Å²) in [4.78, 5) is 23.5. The average Bonchev–Trinajstić information content (AvgIpc) is 3.12. The van der Waals surface area contributed by atoms with Crippen molar-refractivity contribution in [1.82, 2.24) is 30.2 Å². The molecule has 2 saturated heterocycles. The lowest BCUT2D eigenvalue weighted by Crippen LogP contribution is -2.63. The fraction of sp³-hybridized carbons (Fsp3) is 0.364. The van der Waals surface area contributed by atoms with Crippen LogP contribution in [-0.4, -0.2) is 70.1 Å². The molecule has 0 aliphatic carbocycles. The number of nitrogens with one attached hydrogen (secondary N) is 1. The molecule has 2 fully saturated rings. The minimum absolute atomic E-state index is 0.613. The summed E-state index contributed by atoms with van der Waals surface area (Å²) in [7, 11) is 0. The molecular weight excluding hydrogens is 378 g/mol. The lowest BCUT2D eigenvalue weighted by Gasteiger charge is -2.47. The molecule has 0 spiro atoms. The lowest BCUT2D eigenvalue weighted by molar-refractivity contribution is 0.147. The van der Waals surface area contributed by atoms with Crippen LogP contribution >= 0.6 is 0 Å². The summed E-state index contributed by atoms with van der Waals surface area (Å²) in [6.07, 6.45) is 1.86. The highest BCUT2D eigenvalue weighted by Crippen LogP contribution is 2.26. The van der Waals surface area contributed by atoms with Gasteiger partial charge in [0.2, 0.25) is 0 Å². The normalized spacial score (nSPS) is 18.2. The Morgan fingerprint density at radius 2 is 1.87 bits per heavy atom. The fourth-order valence-corrected chi connectivity index (χ4v) is 4.32. The van der Waals surface area contributed by atoms with Crippen molar-refractivity contribution in [2.45, 2.75) is 13.0 Å². The summed E-state index contributed by atoms with van der Waals surface area (Å²) in [5.74, 6) is 1.57. The number of pyridine rings is 1. The van der Waals surface area contributed by atoms with Gasteiger partial charge in [-0.15, -0.1) is 0 Å². The number of fused-ring (bicyclic) bond motifs is 2. The number of oxazole rings is 1. The minimum atomic E-state index is 0.613. The molecule has 6 rings (SSSR count). The first-order chi connectivity index (χ1) is 14.7. The molecule has 0 unspecified atom stereocenters. The highest BCUT2D eigenvalue weighted by atomic mass is 16.3. The second-order valence-electron chi connectivity index (χ2n) is 8.03. The number of anilines is 1. The van der Waals surface area contributed by atoms with Gasteiger partial charge < -0.3 is 14.6 Å². The fourth-order valence-electron chi connectivity index (χ4n) is 4.32. The lowest BCUT2D eigenvalue weighted by atomic mass is 10.1. The predicted molar refractivity (Wildman–Crippen MR) is 116 cm³/mol. The Bertz CT molecular complexity index is 1220. The van der Waals surface area contributed by atoms with Gasteiger partial charge in [0, 0.05) is 57.8 Å². The van der Waals surface area contributed by atoms with Crippen LogP contribution in [0, 0.1) is 6.92 Å². The van der Waals surface area contributed by atoms with Crippen LogP contribution in [0.2, 0.25) is 0 Å². The summed E-state index contributed by atoms with van der Waals surface area (Å²) in [6, 6.07) is 10.5. The molecule has 0 amide bonds. The zero-order chi connectivity index (χ0) is 20.1. The number of aryl methyl sites for hydroxylation is 1. The van der Waals surface area contributed by atoms with Gasteiger partial charge in [-0.1, -0.05) is 0 Å². The van der Waals surface area contributed by atoms with E-state index in [9.17, 15) is 0 Å². The SMILES string of the molecule is Cc1nc2cc(-c3ccc4ncc(N5CC(N6CCNCC6)C5)nc4n3)ccc2o1. The van der Waals surface area contributed by atoms with Gasteiger partial charge in [-0.05, 0) is 30.3 Å². The molecule has 2 aliphatic heterocycles. The van der Waals surface area contributed by atoms with E-state index in [0.717, 1.165) is 73.0 Å². The molecule has 4 aromatic rings. The van der Waals surface area contributed by atoms with E-state index >= 15 is 0 Å². The van der Waals surface area contributed by atoms with Crippen molar-refractivity contribution in [2.75, 3.05) is 44.2 Å². The topological polar surface area (TPSA) is 83.2 Å². The van der Waals surface area contributed by atoms with Gasteiger partial charge in [0.15, 0.2) is 17.1 Å². The molecule has 3 aromatic heterocycles. The van der Waals surface area contributed by atoms with Crippen LogP contribution in [0.1, 0.15) is 5.89 Å². The van der Waals surface area contributed by atoms with Gasteiger partial charge in [0.25, 0.3) is 0 Å².